The van der Waals surface area contributed by atoms with Gasteiger partial charge in [0.2, 0.25) is 5.91 Å². The third kappa shape index (κ3) is 5.81. The van der Waals surface area contributed by atoms with E-state index in [4.69, 9.17) is 5.73 Å². The molecule has 0 saturated carbocycles. The van der Waals surface area contributed by atoms with Crippen LogP contribution in [0.4, 0.5) is 17.1 Å². The molecular weight excluding hydrogens is 434 g/mol. The summed E-state index contributed by atoms with van der Waals surface area (Å²) in [5.41, 5.74) is 11.4. The predicted octanol–water partition coefficient (Wildman–Crippen LogP) is 7.08. The molecule has 1 amide bonds. The van der Waals surface area contributed by atoms with E-state index in [2.05, 4.69) is 41.2 Å². The Morgan fingerprint density at radius 3 is 2.50 bits per heavy atom. The van der Waals surface area contributed by atoms with Crippen LogP contribution in [0.25, 0.3) is 16.5 Å². The van der Waals surface area contributed by atoms with Gasteiger partial charge in [0.1, 0.15) is 0 Å². The molecule has 0 aliphatic rings. The SMILES string of the molecule is Cc1ccc(SNc2ccc(/C=C/C(=O)Nc3cc(-c4cccs4)ccc3N)cc2)cc1. The van der Waals surface area contributed by atoms with Gasteiger partial charge in [-0.1, -0.05) is 42.0 Å². The lowest BCUT2D eigenvalue weighted by atomic mass is 10.1. The molecule has 1 aromatic heterocycles. The molecule has 0 aliphatic heterocycles. The Balaban J connectivity index is 1.34. The third-order valence-corrected chi connectivity index (χ3v) is 6.53. The van der Waals surface area contributed by atoms with Crippen molar-refractivity contribution in [1.29, 1.82) is 0 Å². The highest BCUT2D eigenvalue weighted by Gasteiger charge is 2.06. The molecule has 1 heterocycles. The topological polar surface area (TPSA) is 67.2 Å². The zero-order chi connectivity index (χ0) is 22.3. The second kappa shape index (κ2) is 10.2. The molecule has 0 unspecified atom stereocenters. The average molecular weight is 458 g/mol. The van der Waals surface area contributed by atoms with Crippen molar-refractivity contribution in [2.45, 2.75) is 11.8 Å². The number of anilines is 3. The van der Waals surface area contributed by atoms with Crippen molar-refractivity contribution in [3.8, 4) is 10.4 Å². The van der Waals surface area contributed by atoms with Crippen LogP contribution in [0.15, 0.2) is 95.2 Å². The van der Waals surface area contributed by atoms with E-state index in [1.807, 2.05) is 60.0 Å². The molecule has 0 bridgehead atoms. The van der Waals surface area contributed by atoms with Crippen LogP contribution in [-0.2, 0) is 4.79 Å². The normalized spacial score (nSPS) is 10.9. The predicted molar refractivity (Wildman–Crippen MR) is 139 cm³/mol. The summed E-state index contributed by atoms with van der Waals surface area (Å²) in [7, 11) is 0. The van der Waals surface area contributed by atoms with Gasteiger partial charge in [-0.3, -0.25) is 4.79 Å². The van der Waals surface area contributed by atoms with Crippen molar-refractivity contribution < 1.29 is 4.79 Å². The molecule has 0 saturated heterocycles. The number of carbonyl (C=O) groups is 1. The zero-order valence-corrected chi connectivity index (χ0v) is 19.2. The summed E-state index contributed by atoms with van der Waals surface area (Å²) in [4.78, 5) is 14.7. The molecular formula is C26H23N3OS2. The number of amides is 1. The monoisotopic (exact) mass is 457 g/mol. The number of rotatable bonds is 7. The lowest BCUT2D eigenvalue weighted by Crippen LogP contribution is -2.09. The van der Waals surface area contributed by atoms with Gasteiger partial charge >= 0.3 is 0 Å². The van der Waals surface area contributed by atoms with E-state index in [0.717, 1.165) is 26.6 Å². The summed E-state index contributed by atoms with van der Waals surface area (Å²) in [6.07, 6.45) is 3.30. The van der Waals surface area contributed by atoms with E-state index >= 15 is 0 Å². The Bertz CT molecular complexity index is 1220. The number of hydrogen-bond acceptors (Lipinski definition) is 5. The first-order valence-electron chi connectivity index (χ1n) is 10.1. The summed E-state index contributed by atoms with van der Waals surface area (Å²) < 4.78 is 3.33. The van der Waals surface area contributed by atoms with E-state index in [-0.39, 0.29) is 5.91 Å². The van der Waals surface area contributed by atoms with Crippen LogP contribution < -0.4 is 15.8 Å². The molecule has 0 aliphatic carbocycles. The third-order valence-electron chi connectivity index (χ3n) is 4.76. The number of hydrogen-bond donors (Lipinski definition) is 3. The Labute approximate surface area is 196 Å². The summed E-state index contributed by atoms with van der Waals surface area (Å²) >= 11 is 3.21. The number of nitrogens with two attached hydrogens (primary N) is 1. The average Bonchev–Trinajstić information content (AvgIpc) is 3.34. The van der Waals surface area contributed by atoms with Gasteiger partial charge in [-0.2, -0.15) is 0 Å². The van der Waals surface area contributed by atoms with E-state index in [1.54, 1.807) is 29.4 Å². The molecule has 3 aromatic carbocycles. The van der Waals surface area contributed by atoms with Crippen LogP contribution in [0.1, 0.15) is 11.1 Å². The fraction of sp³-hybridized carbons (Fsp3) is 0.0385. The fourth-order valence-electron chi connectivity index (χ4n) is 2.99. The first kappa shape index (κ1) is 21.7. The zero-order valence-electron chi connectivity index (χ0n) is 17.5. The Morgan fingerprint density at radius 2 is 1.78 bits per heavy atom. The van der Waals surface area contributed by atoms with E-state index in [1.165, 1.54) is 11.6 Å². The van der Waals surface area contributed by atoms with Crippen LogP contribution in [-0.4, -0.2) is 5.91 Å². The van der Waals surface area contributed by atoms with Crippen molar-refractivity contribution >= 4 is 52.3 Å². The van der Waals surface area contributed by atoms with Gasteiger partial charge in [-0.05, 0) is 83.9 Å². The van der Waals surface area contributed by atoms with E-state index in [0.29, 0.717) is 11.4 Å². The van der Waals surface area contributed by atoms with Gasteiger partial charge in [0.05, 0.1) is 11.4 Å². The highest BCUT2D eigenvalue weighted by molar-refractivity contribution is 8.00. The first-order valence-corrected chi connectivity index (χ1v) is 11.8. The molecule has 4 aromatic rings. The lowest BCUT2D eigenvalue weighted by molar-refractivity contribution is -0.111. The van der Waals surface area contributed by atoms with Crippen molar-refractivity contribution in [1.82, 2.24) is 0 Å². The van der Waals surface area contributed by atoms with Crippen molar-refractivity contribution in [3.05, 3.63) is 101 Å². The van der Waals surface area contributed by atoms with Gasteiger partial charge in [0.25, 0.3) is 0 Å². The minimum absolute atomic E-state index is 0.225. The molecule has 4 rings (SSSR count). The van der Waals surface area contributed by atoms with Crippen molar-refractivity contribution in [3.63, 3.8) is 0 Å². The van der Waals surface area contributed by atoms with Crippen molar-refractivity contribution in [2.75, 3.05) is 15.8 Å². The Kier molecular flexibility index (Phi) is 6.94. The maximum atomic E-state index is 12.4. The maximum absolute atomic E-state index is 12.4. The quantitative estimate of drug-likeness (QED) is 0.158. The largest absolute Gasteiger partial charge is 0.397 e. The molecule has 4 N–H and O–H groups in total. The smallest absolute Gasteiger partial charge is 0.248 e. The standard InChI is InChI=1S/C26H23N3OS2/c1-18-4-12-22(13-5-18)32-29-21-10-6-19(7-11-21)8-15-26(30)28-24-17-20(9-14-23(24)27)25-3-2-16-31-25/h2-17,29H,27H2,1H3,(H,28,30)/b15-8+. The van der Waals surface area contributed by atoms with Crippen LogP contribution >= 0.6 is 23.3 Å². The fourth-order valence-corrected chi connectivity index (χ4v) is 4.36. The Hall–Kier alpha value is -3.48. The molecule has 0 radical (unpaired) electrons. The number of benzene rings is 3. The van der Waals surface area contributed by atoms with Crippen LogP contribution in [0.5, 0.6) is 0 Å². The lowest BCUT2D eigenvalue weighted by Gasteiger charge is -2.08. The summed E-state index contributed by atoms with van der Waals surface area (Å²) in [5, 5.41) is 4.90. The molecule has 160 valence electrons. The second-order valence-corrected chi connectivity index (χ2v) is 9.07. The molecule has 0 spiro atoms. The molecule has 0 fully saturated rings. The summed E-state index contributed by atoms with van der Waals surface area (Å²) in [6, 6.07) is 26.0. The Morgan fingerprint density at radius 1 is 1.00 bits per heavy atom. The number of nitrogen functional groups attached to an aromatic ring is 1. The number of aryl methyl sites for hydroxylation is 1. The van der Waals surface area contributed by atoms with Crippen LogP contribution in [0.3, 0.4) is 0 Å². The number of nitrogens with one attached hydrogen (secondary N) is 2. The minimum Gasteiger partial charge on any atom is -0.397 e. The highest BCUT2D eigenvalue weighted by atomic mass is 32.2. The number of thiophene rings is 1. The summed E-state index contributed by atoms with van der Waals surface area (Å²) in [6.45, 7) is 2.07. The van der Waals surface area contributed by atoms with Gasteiger partial charge in [-0.25, -0.2) is 0 Å². The molecule has 4 nitrogen and oxygen atoms in total. The van der Waals surface area contributed by atoms with E-state index < -0.39 is 0 Å². The van der Waals surface area contributed by atoms with E-state index in [9.17, 15) is 4.79 Å². The molecule has 32 heavy (non-hydrogen) atoms. The molecule has 6 heteroatoms. The second-order valence-electron chi connectivity index (χ2n) is 7.24. The van der Waals surface area contributed by atoms with Gasteiger partial charge in [-0.15, -0.1) is 11.3 Å². The summed E-state index contributed by atoms with van der Waals surface area (Å²) in [5.74, 6) is -0.225. The van der Waals surface area contributed by atoms with Gasteiger partial charge in [0, 0.05) is 21.5 Å². The van der Waals surface area contributed by atoms with Crippen LogP contribution in [0, 0.1) is 6.92 Å². The number of carbonyl (C=O) groups excluding carboxylic acids is 1. The van der Waals surface area contributed by atoms with Gasteiger partial charge in [0.15, 0.2) is 0 Å². The maximum Gasteiger partial charge on any atom is 0.248 e. The highest BCUT2D eigenvalue weighted by Crippen LogP contribution is 2.30. The van der Waals surface area contributed by atoms with Crippen LogP contribution in [0.2, 0.25) is 0 Å². The minimum atomic E-state index is -0.225. The molecule has 0 atom stereocenters. The first-order chi connectivity index (χ1) is 15.6. The van der Waals surface area contributed by atoms with Crippen molar-refractivity contribution in [2.24, 2.45) is 0 Å². The van der Waals surface area contributed by atoms with Gasteiger partial charge < -0.3 is 15.8 Å².